The van der Waals surface area contributed by atoms with E-state index in [2.05, 4.69) is 0 Å². The first-order valence-corrected chi connectivity index (χ1v) is 4.85. The summed E-state index contributed by atoms with van der Waals surface area (Å²) in [5.41, 5.74) is -1.62. The Hall–Kier alpha value is -1.10. The van der Waals surface area contributed by atoms with Gasteiger partial charge in [0.2, 0.25) is 0 Å². The van der Waals surface area contributed by atoms with E-state index < -0.39 is 23.3 Å². The van der Waals surface area contributed by atoms with E-state index in [0.29, 0.717) is 12.1 Å². The second-order valence-electron chi connectivity index (χ2n) is 3.05. The number of Topliss-reactive ketones (excluding diaryl/α,β-unsaturated/α-hetero) is 1. The van der Waals surface area contributed by atoms with Crippen LogP contribution in [0, 0.1) is 5.82 Å². The molecule has 0 spiro atoms. The third-order valence-corrected chi connectivity index (χ3v) is 2.10. The van der Waals surface area contributed by atoms with Gasteiger partial charge in [-0.05, 0) is 18.2 Å². The van der Waals surface area contributed by atoms with E-state index >= 15 is 0 Å². The van der Waals surface area contributed by atoms with Gasteiger partial charge in [-0.3, -0.25) is 4.79 Å². The van der Waals surface area contributed by atoms with E-state index in [0.717, 1.165) is 6.07 Å². The second kappa shape index (κ2) is 4.82. The molecular formula is C10H7ClF4O. The van der Waals surface area contributed by atoms with Crippen LogP contribution in [0.4, 0.5) is 17.6 Å². The molecule has 1 rings (SSSR count). The van der Waals surface area contributed by atoms with Gasteiger partial charge in [-0.25, -0.2) is 4.39 Å². The lowest BCUT2D eigenvalue weighted by Gasteiger charge is -2.09. The molecule has 0 radical (unpaired) electrons. The predicted molar refractivity (Wildman–Crippen MR) is 51.1 cm³/mol. The molecule has 0 unspecified atom stereocenters. The molecule has 0 aliphatic carbocycles. The maximum atomic E-state index is 12.9. The molecule has 88 valence electrons. The molecule has 0 saturated heterocycles. The zero-order chi connectivity index (χ0) is 12.3. The predicted octanol–water partition coefficient (Wildman–Crippen LogP) is 3.66. The molecule has 0 heterocycles. The number of halogens is 5. The third-order valence-electron chi connectivity index (χ3n) is 1.92. The van der Waals surface area contributed by atoms with Crippen molar-refractivity contribution in [2.24, 2.45) is 0 Å². The first kappa shape index (κ1) is 13.0. The van der Waals surface area contributed by atoms with Gasteiger partial charge in [0.05, 0.1) is 5.56 Å². The first-order chi connectivity index (χ1) is 7.36. The number of ketones is 1. The van der Waals surface area contributed by atoms with Gasteiger partial charge in [-0.2, -0.15) is 13.2 Å². The standard InChI is InChI=1S/C10H7ClF4O/c11-4-3-9(16)6-1-2-8(12)7(5-6)10(13,14)15/h1-2,5H,3-4H2. The van der Waals surface area contributed by atoms with Crippen molar-refractivity contribution in [3.63, 3.8) is 0 Å². The van der Waals surface area contributed by atoms with Crippen molar-refractivity contribution in [2.45, 2.75) is 12.6 Å². The van der Waals surface area contributed by atoms with Gasteiger partial charge in [0.25, 0.3) is 0 Å². The Bertz CT molecular complexity index is 400. The summed E-state index contributed by atoms with van der Waals surface area (Å²) >= 11 is 5.29. The number of carbonyl (C=O) groups is 1. The number of carbonyl (C=O) groups excluding carboxylic acids is 1. The van der Waals surface area contributed by atoms with Crippen LogP contribution in [0.1, 0.15) is 22.3 Å². The molecule has 6 heteroatoms. The molecule has 0 aromatic heterocycles. The minimum absolute atomic E-state index is 0.0115. The van der Waals surface area contributed by atoms with Gasteiger partial charge in [-0.1, -0.05) is 0 Å². The molecule has 1 nitrogen and oxygen atoms in total. The highest BCUT2D eigenvalue weighted by atomic mass is 35.5. The van der Waals surface area contributed by atoms with Crippen molar-refractivity contribution in [3.8, 4) is 0 Å². The van der Waals surface area contributed by atoms with Crippen LogP contribution >= 0.6 is 11.6 Å². The molecule has 0 bridgehead atoms. The highest BCUT2D eigenvalue weighted by molar-refractivity contribution is 6.19. The Morgan fingerprint density at radius 2 is 1.94 bits per heavy atom. The third kappa shape index (κ3) is 2.95. The summed E-state index contributed by atoms with van der Waals surface area (Å²) < 4.78 is 49.8. The number of hydrogen-bond donors (Lipinski definition) is 0. The van der Waals surface area contributed by atoms with E-state index in [1.54, 1.807) is 0 Å². The summed E-state index contributed by atoms with van der Waals surface area (Å²) in [6, 6.07) is 2.15. The molecule has 0 atom stereocenters. The van der Waals surface area contributed by atoms with Crippen molar-refractivity contribution in [3.05, 3.63) is 35.1 Å². The summed E-state index contributed by atoms with van der Waals surface area (Å²) in [5, 5.41) is 0. The van der Waals surface area contributed by atoms with Crippen molar-refractivity contribution >= 4 is 17.4 Å². The van der Waals surface area contributed by atoms with Crippen LogP contribution in [-0.4, -0.2) is 11.7 Å². The average molecular weight is 255 g/mol. The highest BCUT2D eigenvalue weighted by Gasteiger charge is 2.34. The summed E-state index contributed by atoms with van der Waals surface area (Å²) in [5.74, 6) is -1.92. The van der Waals surface area contributed by atoms with Gasteiger partial charge >= 0.3 is 6.18 Å². The summed E-state index contributed by atoms with van der Waals surface area (Å²) in [6.45, 7) is 0. The quantitative estimate of drug-likeness (QED) is 0.457. The minimum Gasteiger partial charge on any atom is -0.294 e. The van der Waals surface area contributed by atoms with Gasteiger partial charge in [0, 0.05) is 17.9 Å². The van der Waals surface area contributed by atoms with Crippen molar-refractivity contribution < 1.29 is 22.4 Å². The van der Waals surface area contributed by atoms with Gasteiger partial charge < -0.3 is 0 Å². The fourth-order valence-corrected chi connectivity index (χ4v) is 1.32. The molecule has 0 N–H and O–H groups in total. The van der Waals surface area contributed by atoms with E-state index in [1.807, 2.05) is 0 Å². The first-order valence-electron chi connectivity index (χ1n) is 4.32. The van der Waals surface area contributed by atoms with Crippen LogP contribution < -0.4 is 0 Å². The summed E-state index contributed by atoms with van der Waals surface area (Å²) in [7, 11) is 0. The van der Waals surface area contributed by atoms with E-state index in [1.165, 1.54) is 0 Å². The number of rotatable bonds is 3. The van der Waals surface area contributed by atoms with Crippen molar-refractivity contribution in [1.29, 1.82) is 0 Å². The number of hydrogen-bond acceptors (Lipinski definition) is 1. The van der Waals surface area contributed by atoms with E-state index in [-0.39, 0.29) is 17.9 Å². The minimum atomic E-state index is -4.80. The fraction of sp³-hybridized carbons (Fsp3) is 0.300. The van der Waals surface area contributed by atoms with Crippen LogP contribution in [0.5, 0.6) is 0 Å². The van der Waals surface area contributed by atoms with Gasteiger partial charge in [0.1, 0.15) is 5.82 Å². The van der Waals surface area contributed by atoms with Crippen molar-refractivity contribution in [2.75, 3.05) is 5.88 Å². The maximum absolute atomic E-state index is 12.9. The number of alkyl halides is 4. The molecule has 1 aromatic carbocycles. The zero-order valence-electron chi connectivity index (χ0n) is 7.94. The molecule has 0 fully saturated rings. The Kier molecular flexibility index (Phi) is 3.91. The van der Waals surface area contributed by atoms with E-state index in [4.69, 9.17) is 11.6 Å². The Balaban J connectivity index is 3.13. The lowest BCUT2D eigenvalue weighted by atomic mass is 10.0. The van der Waals surface area contributed by atoms with Crippen LogP contribution in [0.2, 0.25) is 0 Å². The Morgan fingerprint density at radius 1 is 1.31 bits per heavy atom. The maximum Gasteiger partial charge on any atom is 0.419 e. The SMILES string of the molecule is O=C(CCCl)c1ccc(F)c(C(F)(F)F)c1. The summed E-state index contributed by atoms with van der Waals surface area (Å²) in [6.07, 6.45) is -4.88. The molecule has 0 aliphatic heterocycles. The molecule has 16 heavy (non-hydrogen) atoms. The normalized spacial score (nSPS) is 11.6. The van der Waals surface area contributed by atoms with Crippen molar-refractivity contribution in [1.82, 2.24) is 0 Å². The molecule has 0 amide bonds. The molecule has 0 aliphatic rings. The smallest absolute Gasteiger partial charge is 0.294 e. The average Bonchev–Trinajstić information content (AvgIpc) is 2.16. The van der Waals surface area contributed by atoms with Crippen LogP contribution in [0.25, 0.3) is 0 Å². The van der Waals surface area contributed by atoms with Crippen LogP contribution in [0.3, 0.4) is 0 Å². The van der Waals surface area contributed by atoms with Crippen LogP contribution in [0.15, 0.2) is 18.2 Å². The van der Waals surface area contributed by atoms with E-state index in [9.17, 15) is 22.4 Å². The Morgan fingerprint density at radius 3 is 2.44 bits per heavy atom. The van der Waals surface area contributed by atoms with Gasteiger partial charge in [-0.15, -0.1) is 11.6 Å². The Labute approximate surface area is 94.0 Å². The topological polar surface area (TPSA) is 17.1 Å². The fourth-order valence-electron chi connectivity index (χ4n) is 1.15. The lowest BCUT2D eigenvalue weighted by molar-refractivity contribution is -0.140. The lowest BCUT2D eigenvalue weighted by Crippen LogP contribution is -2.10. The highest BCUT2D eigenvalue weighted by Crippen LogP contribution is 2.32. The molecule has 0 saturated carbocycles. The molecule has 1 aromatic rings. The summed E-state index contributed by atoms with van der Waals surface area (Å²) in [4.78, 5) is 11.3. The number of benzene rings is 1. The van der Waals surface area contributed by atoms with Gasteiger partial charge in [0.15, 0.2) is 5.78 Å². The molecular weight excluding hydrogens is 248 g/mol. The van der Waals surface area contributed by atoms with Crippen LogP contribution in [-0.2, 0) is 6.18 Å². The largest absolute Gasteiger partial charge is 0.419 e. The monoisotopic (exact) mass is 254 g/mol. The zero-order valence-corrected chi connectivity index (χ0v) is 8.70. The second-order valence-corrected chi connectivity index (χ2v) is 3.43.